The molecule has 0 bridgehead atoms. The van der Waals surface area contributed by atoms with E-state index in [4.69, 9.17) is 9.40 Å². The predicted octanol–water partition coefficient (Wildman–Crippen LogP) is 2.92. The van der Waals surface area contributed by atoms with Gasteiger partial charge in [-0.25, -0.2) is 0 Å². The Morgan fingerprint density at radius 2 is 1.96 bits per heavy atom. The summed E-state index contributed by atoms with van der Waals surface area (Å²) in [6.07, 6.45) is 7.10. The van der Waals surface area contributed by atoms with Crippen molar-refractivity contribution in [3.8, 4) is 0 Å². The summed E-state index contributed by atoms with van der Waals surface area (Å²) in [5.74, 6) is 1.35. The van der Waals surface area contributed by atoms with Crippen LogP contribution in [0.15, 0.2) is 38.9 Å². The van der Waals surface area contributed by atoms with Gasteiger partial charge in [0.25, 0.3) is 5.56 Å². The van der Waals surface area contributed by atoms with Crippen LogP contribution in [-0.2, 0) is 4.79 Å². The zero-order valence-corrected chi connectivity index (χ0v) is 15.1. The van der Waals surface area contributed by atoms with Gasteiger partial charge in [-0.3, -0.25) is 14.6 Å². The second kappa shape index (κ2) is 6.40. The van der Waals surface area contributed by atoms with Crippen LogP contribution in [0.5, 0.6) is 0 Å². The number of aromatic amines is 1. The number of rotatable bonds is 2. The van der Waals surface area contributed by atoms with Gasteiger partial charge in [0.1, 0.15) is 11.6 Å². The number of nitrogens with one attached hydrogen (secondary N) is 2. The van der Waals surface area contributed by atoms with Crippen LogP contribution in [0.3, 0.4) is 0 Å². The highest BCUT2D eigenvalue weighted by molar-refractivity contribution is 6.00. The van der Waals surface area contributed by atoms with Gasteiger partial charge >= 0.3 is 0 Å². The SMILES string of the molecule is O=C1CCCC2=C1[C@@H](c1ccco1)c1c(nc(N3CCCCC3)[nH]c1=O)N2. The molecule has 0 unspecified atom stereocenters. The molecule has 1 saturated heterocycles. The summed E-state index contributed by atoms with van der Waals surface area (Å²) in [5, 5.41) is 3.30. The first-order valence-corrected chi connectivity index (χ1v) is 9.68. The van der Waals surface area contributed by atoms with Crippen LogP contribution >= 0.6 is 0 Å². The van der Waals surface area contributed by atoms with Crippen LogP contribution in [0.1, 0.15) is 55.8 Å². The number of aromatic nitrogens is 2. The first-order valence-electron chi connectivity index (χ1n) is 9.68. The molecule has 1 aliphatic carbocycles. The number of fused-ring (bicyclic) bond motifs is 1. The fourth-order valence-corrected chi connectivity index (χ4v) is 4.44. The Bertz CT molecular complexity index is 968. The van der Waals surface area contributed by atoms with Crippen LogP contribution in [-0.4, -0.2) is 28.8 Å². The number of Topliss-reactive ketones (excluding diaryl/α,β-unsaturated/α-hetero) is 1. The molecule has 0 amide bonds. The van der Waals surface area contributed by atoms with Crippen LogP contribution in [0.4, 0.5) is 11.8 Å². The molecular formula is C20H22N4O3. The van der Waals surface area contributed by atoms with Crippen molar-refractivity contribution in [1.82, 2.24) is 9.97 Å². The molecule has 1 atom stereocenters. The Labute approximate surface area is 156 Å². The van der Waals surface area contributed by atoms with Gasteiger partial charge in [0, 0.05) is 30.8 Å². The van der Waals surface area contributed by atoms with Crippen molar-refractivity contribution in [3.63, 3.8) is 0 Å². The molecule has 2 aliphatic heterocycles. The highest BCUT2D eigenvalue weighted by Gasteiger charge is 2.39. The predicted molar refractivity (Wildman–Crippen MR) is 101 cm³/mol. The van der Waals surface area contributed by atoms with Crippen molar-refractivity contribution in [2.45, 2.75) is 44.4 Å². The molecule has 140 valence electrons. The smallest absolute Gasteiger partial charge is 0.258 e. The van der Waals surface area contributed by atoms with Gasteiger partial charge in [-0.1, -0.05) is 0 Å². The molecule has 2 aromatic heterocycles. The number of piperidine rings is 1. The Morgan fingerprint density at radius 3 is 2.74 bits per heavy atom. The van der Waals surface area contributed by atoms with Crippen molar-refractivity contribution in [1.29, 1.82) is 0 Å². The number of furan rings is 1. The number of H-pyrrole nitrogens is 1. The lowest BCUT2D eigenvalue weighted by Crippen LogP contribution is -2.36. The molecular weight excluding hydrogens is 344 g/mol. The lowest BCUT2D eigenvalue weighted by Gasteiger charge is -2.33. The van der Waals surface area contributed by atoms with Crippen molar-refractivity contribution >= 4 is 17.5 Å². The molecule has 2 N–H and O–H groups in total. The van der Waals surface area contributed by atoms with E-state index in [-0.39, 0.29) is 11.3 Å². The Morgan fingerprint density at radius 1 is 1.11 bits per heavy atom. The summed E-state index contributed by atoms with van der Waals surface area (Å²) in [4.78, 5) is 35.6. The zero-order valence-electron chi connectivity index (χ0n) is 15.1. The summed E-state index contributed by atoms with van der Waals surface area (Å²) in [5.41, 5.74) is 1.80. The number of hydrogen-bond acceptors (Lipinski definition) is 6. The lowest BCUT2D eigenvalue weighted by molar-refractivity contribution is -0.116. The lowest BCUT2D eigenvalue weighted by atomic mass is 9.79. The number of anilines is 2. The van der Waals surface area contributed by atoms with Gasteiger partial charge < -0.3 is 14.6 Å². The molecule has 2 aromatic rings. The minimum Gasteiger partial charge on any atom is -0.468 e. The molecule has 1 fully saturated rings. The first kappa shape index (κ1) is 16.4. The van der Waals surface area contributed by atoms with Crippen molar-refractivity contribution in [2.75, 3.05) is 23.3 Å². The number of carbonyl (C=O) groups excluding carboxylic acids is 1. The summed E-state index contributed by atoms with van der Waals surface area (Å²) in [6.45, 7) is 1.80. The summed E-state index contributed by atoms with van der Waals surface area (Å²) < 4.78 is 5.62. The number of allylic oxidation sites excluding steroid dienone is 2. The summed E-state index contributed by atoms with van der Waals surface area (Å²) in [7, 11) is 0. The van der Waals surface area contributed by atoms with Crippen LogP contribution < -0.4 is 15.8 Å². The maximum absolute atomic E-state index is 13.1. The molecule has 0 aromatic carbocycles. The van der Waals surface area contributed by atoms with Gasteiger partial charge in [-0.05, 0) is 44.2 Å². The van der Waals surface area contributed by atoms with E-state index in [2.05, 4.69) is 15.2 Å². The topological polar surface area (TPSA) is 91.2 Å². The molecule has 7 heteroatoms. The van der Waals surface area contributed by atoms with Crippen molar-refractivity contribution in [2.24, 2.45) is 0 Å². The van der Waals surface area contributed by atoms with E-state index in [9.17, 15) is 9.59 Å². The quantitative estimate of drug-likeness (QED) is 0.849. The van der Waals surface area contributed by atoms with E-state index in [0.29, 0.717) is 35.1 Å². The van der Waals surface area contributed by atoms with Crippen LogP contribution in [0.25, 0.3) is 0 Å². The summed E-state index contributed by atoms with van der Waals surface area (Å²) >= 11 is 0. The molecule has 0 spiro atoms. The third-order valence-corrected chi connectivity index (χ3v) is 5.73. The normalized spacial score (nSPS) is 22.3. The largest absolute Gasteiger partial charge is 0.468 e. The average Bonchev–Trinajstić information content (AvgIpc) is 3.21. The van der Waals surface area contributed by atoms with Gasteiger partial charge in [0.15, 0.2) is 5.78 Å². The standard InChI is InChI=1S/C20H22N4O3/c25-13-7-4-6-12-15(13)16(14-8-5-11-27-14)17-18(21-12)22-20(23-19(17)26)24-9-2-1-3-10-24/h5,8,11,16H,1-4,6-7,9-10H2,(H2,21,22,23,26)/t16-/m1/s1. The first-order chi connectivity index (χ1) is 13.2. The van der Waals surface area contributed by atoms with Gasteiger partial charge in [-0.15, -0.1) is 0 Å². The van der Waals surface area contributed by atoms with E-state index in [0.717, 1.165) is 44.5 Å². The summed E-state index contributed by atoms with van der Waals surface area (Å²) in [6, 6.07) is 3.61. The number of hydrogen-bond donors (Lipinski definition) is 2. The fourth-order valence-electron chi connectivity index (χ4n) is 4.44. The Hall–Kier alpha value is -2.83. The van der Waals surface area contributed by atoms with Gasteiger partial charge in [0.2, 0.25) is 5.95 Å². The van der Waals surface area contributed by atoms with Crippen molar-refractivity contribution in [3.05, 3.63) is 51.3 Å². The number of nitrogens with zero attached hydrogens (tertiary/aromatic N) is 2. The molecule has 4 heterocycles. The molecule has 27 heavy (non-hydrogen) atoms. The number of carbonyl (C=O) groups is 1. The maximum Gasteiger partial charge on any atom is 0.258 e. The third-order valence-electron chi connectivity index (χ3n) is 5.73. The fraction of sp³-hybridized carbons (Fsp3) is 0.450. The van der Waals surface area contributed by atoms with E-state index in [1.807, 2.05) is 6.07 Å². The molecule has 3 aliphatic rings. The molecule has 5 rings (SSSR count). The van der Waals surface area contributed by atoms with Gasteiger partial charge in [-0.2, -0.15) is 4.98 Å². The minimum atomic E-state index is -0.495. The van der Waals surface area contributed by atoms with E-state index < -0.39 is 5.92 Å². The van der Waals surface area contributed by atoms with Crippen LogP contribution in [0, 0.1) is 0 Å². The van der Waals surface area contributed by atoms with Crippen molar-refractivity contribution < 1.29 is 9.21 Å². The second-order valence-corrected chi connectivity index (χ2v) is 7.44. The average molecular weight is 366 g/mol. The van der Waals surface area contributed by atoms with E-state index >= 15 is 0 Å². The Balaban J connectivity index is 1.66. The monoisotopic (exact) mass is 366 g/mol. The molecule has 0 radical (unpaired) electrons. The third kappa shape index (κ3) is 2.69. The zero-order chi connectivity index (χ0) is 18.4. The molecule has 0 saturated carbocycles. The number of ketones is 1. The van der Waals surface area contributed by atoms with E-state index in [1.54, 1.807) is 12.3 Å². The maximum atomic E-state index is 13.1. The molecule has 7 nitrogen and oxygen atoms in total. The van der Waals surface area contributed by atoms with E-state index in [1.165, 1.54) is 6.42 Å². The second-order valence-electron chi connectivity index (χ2n) is 7.44. The van der Waals surface area contributed by atoms with Crippen LogP contribution in [0.2, 0.25) is 0 Å². The Kier molecular flexibility index (Phi) is 3.88. The minimum absolute atomic E-state index is 0.0790. The highest BCUT2D eigenvalue weighted by Crippen LogP contribution is 2.43. The van der Waals surface area contributed by atoms with Gasteiger partial charge in [0.05, 0.1) is 17.7 Å². The highest BCUT2D eigenvalue weighted by atomic mass is 16.3.